The van der Waals surface area contributed by atoms with Gasteiger partial charge in [0.25, 0.3) is 0 Å². The number of hydrogen-bond acceptors (Lipinski definition) is 5. The molecule has 2 N–H and O–H groups in total. The molecule has 0 radical (unpaired) electrons. The molecule has 4 rings (SSSR count). The predicted octanol–water partition coefficient (Wildman–Crippen LogP) is 3.96. The summed E-state index contributed by atoms with van der Waals surface area (Å²) in [7, 11) is 4.12. The molecule has 1 aromatic carbocycles. The zero-order chi connectivity index (χ0) is 22.7. The minimum atomic E-state index is -0.950. The summed E-state index contributed by atoms with van der Waals surface area (Å²) in [4.78, 5) is 20.0. The highest BCUT2D eigenvalue weighted by Gasteiger charge is 2.41. The Morgan fingerprint density at radius 2 is 1.97 bits per heavy atom. The van der Waals surface area contributed by atoms with Crippen LogP contribution in [0.4, 0.5) is 0 Å². The van der Waals surface area contributed by atoms with Gasteiger partial charge in [-0.05, 0) is 75.7 Å². The summed E-state index contributed by atoms with van der Waals surface area (Å²) in [6.07, 6.45) is 2.74. The lowest BCUT2D eigenvalue weighted by atomic mass is 10.0. The Balaban J connectivity index is 1.64. The zero-order valence-electron chi connectivity index (χ0n) is 18.1. The van der Waals surface area contributed by atoms with Gasteiger partial charge in [0.15, 0.2) is 5.11 Å². The van der Waals surface area contributed by atoms with Crippen LogP contribution in [0.1, 0.15) is 40.3 Å². The molecule has 2 aromatic heterocycles. The molecule has 166 valence electrons. The van der Waals surface area contributed by atoms with E-state index < -0.39 is 5.97 Å². The van der Waals surface area contributed by atoms with E-state index in [1.165, 1.54) is 0 Å². The van der Waals surface area contributed by atoms with Crippen molar-refractivity contribution in [2.24, 2.45) is 0 Å². The molecule has 0 unspecified atom stereocenters. The number of nitrogens with one attached hydrogen (secondary N) is 1. The van der Waals surface area contributed by atoms with Crippen LogP contribution >= 0.6 is 12.2 Å². The highest BCUT2D eigenvalue weighted by molar-refractivity contribution is 7.80. The maximum atomic E-state index is 11.1. The minimum Gasteiger partial charge on any atom is -0.478 e. The number of aromatic carboxylic acids is 1. The number of carboxylic acid groups (broad SMARTS) is 1. The second-order valence-electron chi connectivity index (χ2n) is 8.06. The van der Waals surface area contributed by atoms with Gasteiger partial charge in [-0.25, -0.2) is 4.79 Å². The maximum Gasteiger partial charge on any atom is 0.335 e. The smallest absolute Gasteiger partial charge is 0.335 e. The lowest BCUT2D eigenvalue weighted by Crippen LogP contribution is -2.32. The summed E-state index contributed by atoms with van der Waals surface area (Å²) in [6, 6.07) is 16.2. The first-order valence-electron chi connectivity index (χ1n) is 10.5. The Kier molecular flexibility index (Phi) is 6.53. The fraction of sp³-hybridized carbons (Fsp3) is 0.292. The number of aromatic nitrogens is 1. The number of thiocarbonyl (C=S) groups is 1. The monoisotopic (exact) mass is 450 g/mol. The van der Waals surface area contributed by atoms with Crippen molar-refractivity contribution in [2.45, 2.75) is 18.5 Å². The highest BCUT2D eigenvalue weighted by Crippen LogP contribution is 2.40. The number of nitrogens with zero attached hydrogens (tertiary/aromatic N) is 3. The first-order chi connectivity index (χ1) is 15.4. The molecule has 3 aromatic rings. The van der Waals surface area contributed by atoms with Crippen LogP contribution in [0.5, 0.6) is 0 Å². The molecule has 0 aliphatic carbocycles. The van der Waals surface area contributed by atoms with E-state index >= 15 is 0 Å². The lowest BCUT2D eigenvalue weighted by Gasteiger charge is -2.26. The van der Waals surface area contributed by atoms with Gasteiger partial charge in [0.05, 0.1) is 17.3 Å². The molecule has 1 aliphatic heterocycles. The summed E-state index contributed by atoms with van der Waals surface area (Å²) in [5, 5.41) is 13.3. The highest BCUT2D eigenvalue weighted by atomic mass is 32.1. The summed E-state index contributed by atoms with van der Waals surface area (Å²) >= 11 is 5.69. The Hall–Kier alpha value is -3.23. The Bertz CT molecular complexity index is 1080. The number of furan rings is 1. The molecule has 1 aliphatic rings. The van der Waals surface area contributed by atoms with Crippen LogP contribution < -0.4 is 5.32 Å². The summed E-state index contributed by atoms with van der Waals surface area (Å²) in [5.41, 5.74) is 1.97. The van der Waals surface area contributed by atoms with Crippen molar-refractivity contribution in [3.05, 3.63) is 77.8 Å². The number of rotatable bonds is 8. The van der Waals surface area contributed by atoms with Crippen LogP contribution in [0.3, 0.4) is 0 Å². The normalized spacial score (nSPS) is 18.2. The fourth-order valence-electron chi connectivity index (χ4n) is 3.96. The Morgan fingerprint density at radius 3 is 2.62 bits per heavy atom. The predicted molar refractivity (Wildman–Crippen MR) is 126 cm³/mol. The molecular weight excluding hydrogens is 424 g/mol. The summed E-state index contributed by atoms with van der Waals surface area (Å²) in [5.74, 6) is 0.520. The first-order valence-corrected chi connectivity index (χ1v) is 10.9. The van der Waals surface area contributed by atoms with E-state index in [2.05, 4.69) is 34.2 Å². The molecule has 0 spiro atoms. The van der Waals surface area contributed by atoms with Gasteiger partial charge < -0.3 is 24.6 Å². The molecule has 8 heteroatoms. The molecule has 0 saturated carbocycles. The van der Waals surface area contributed by atoms with E-state index in [4.69, 9.17) is 21.7 Å². The van der Waals surface area contributed by atoms with E-state index in [-0.39, 0.29) is 17.6 Å². The van der Waals surface area contributed by atoms with Crippen LogP contribution in [-0.2, 0) is 0 Å². The molecule has 1 fully saturated rings. The lowest BCUT2D eigenvalue weighted by molar-refractivity contribution is 0.0697. The number of pyridine rings is 1. The molecule has 32 heavy (non-hydrogen) atoms. The number of carbonyl (C=O) groups is 1. The van der Waals surface area contributed by atoms with Gasteiger partial charge in [0.2, 0.25) is 0 Å². The Morgan fingerprint density at radius 1 is 1.19 bits per heavy atom. The first kappa shape index (κ1) is 22.0. The van der Waals surface area contributed by atoms with Crippen molar-refractivity contribution in [2.75, 3.05) is 27.2 Å². The van der Waals surface area contributed by atoms with Gasteiger partial charge in [0.1, 0.15) is 17.6 Å². The third kappa shape index (κ3) is 4.66. The number of carboxylic acids is 1. The number of benzene rings is 1. The summed E-state index contributed by atoms with van der Waals surface area (Å²) in [6.45, 7) is 1.75. The van der Waals surface area contributed by atoms with E-state index in [0.717, 1.165) is 36.5 Å². The molecular formula is C24H26N4O3S. The fourth-order valence-corrected chi connectivity index (χ4v) is 4.29. The van der Waals surface area contributed by atoms with Crippen LogP contribution in [-0.4, -0.2) is 58.2 Å². The van der Waals surface area contributed by atoms with Gasteiger partial charge >= 0.3 is 5.97 Å². The van der Waals surface area contributed by atoms with Gasteiger partial charge in [-0.2, -0.15) is 0 Å². The van der Waals surface area contributed by atoms with Crippen LogP contribution in [0.25, 0.3) is 11.3 Å². The maximum absolute atomic E-state index is 11.1. The second-order valence-corrected chi connectivity index (χ2v) is 8.45. The largest absolute Gasteiger partial charge is 0.478 e. The van der Waals surface area contributed by atoms with Crippen LogP contribution in [0.15, 0.2) is 65.2 Å². The van der Waals surface area contributed by atoms with Gasteiger partial charge in [-0.15, -0.1) is 0 Å². The van der Waals surface area contributed by atoms with Crippen LogP contribution in [0, 0.1) is 0 Å². The standard InChI is InChI=1S/C24H26N4O3S/c1-27(2)14-5-15-28-22(21(26-24(28)32)18-6-3-4-13-25-18)20-12-11-19(31-20)16-7-9-17(10-8-16)23(29)30/h3-4,6-13,21-22H,5,14-15H2,1-2H3,(H,26,32)(H,29,30)/t21-,22-/m0/s1. The SMILES string of the molecule is CN(C)CCCN1C(=S)N[C@@H](c2ccccn2)[C@@H]1c1ccc(-c2ccc(C(=O)O)cc2)o1. The molecule has 2 atom stereocenters. The topological polar surface area (TPSA) is 81.8 Å². The molecule has 0 amide bonds. The van der Waals surface area contributed by atoms with Gasteiger partial charge in [-0.1, -0.05) is 18.2 Å². The average Bonchev–Trinajstić information content (AvgIpc) is 3.39. The van der Waals surface area contributed by atoms with Crippen molar-refractivity contribution in [3.8, 4) is 11.3 Å². The zero-order valence-corrected chi connectivity index (χ0v) is 18.9. The minimum absolute atomic E-state index is 0.128. The van der Waals surface area contributed by atoms with E-state index in [1.807, 2.05) is 30.3 Å². The molecule has 1 saturated heterocycles. The molecule has 3 heterocycles. The van der Waals surface area contributed by atoms with Crippen molar-refractivity contribution < 1.29 is 14.3 Å². The van der Waals surface area contributed by atoms with E-state index in [0.29, 0.717) is 10.9 Å². The van der Waals surface area contributed by atoms with Crippen molar-refractivity contribution in [3.63, 3.8) is 0 Å². The van der Waals surface area contributed by atoms with E-state index in [9.17, 15) is 4.79 Å². The number of hydrogen-bond donors (Lipinski definition) is 2. The third-order valence-electron chi connectivity index (χ3n) is 5.54. The Labute approximate surface area is 192 Å². The third-order valence-corrected chi connectivity index (χ3v) is 5.89. The van der Waals surface area contributed by atoms with Crippen molar-refractivity contribution in [1.82, 2.24) is 20.1 Å². The average molecular weight is 451 g/mol. The molecule has 7 nitrogen and oxygen atoms in total. The second kappa shape index (κ2) is 9.50. The summed E-state index contributed by atoms with van der Waals surface area (Å²) < 4.78 is 6.28. The van der Waals surface area contributed by atoms with Crippen molar-refractivity contribution in [1.29, 1.82) is 0 Å². The van der Waals surface area contributed by atoms with Gasteiger partial charge in [0, 0.05) is 18.3 Å². The van der Waals surface area contributed by atoms with E-state index in [1.54, 1.807) is 30.5 Å². The van der Waals surface area contributed by atoms with Crippen molar-refractivity contribution >= 4 is 23.3 Å². The quantitative estimate of drug-likeness (QED) is 0.499. The van der Waals surface area contributed by atoms with Gasteiger partial charge in [-0.3, -0.25) is 4.98 Å². The molecule has 0 bridgehead atoms. The van der Waals surface area contributed by atoms with Crippen LogP contribution in [0.2, 0.25) is 0 Å².